The summed E-state index contributed by atoms with van der Waals surface area (Å²) in [6, 6.07) is 12.0. The van der Waals surface area contributed by atoms with Crippen LogP contribution in [0.15, 0.2) is 51.7 Å². The third kappa shape index (κ3) is 5.30. The quantitative estimate of drug-likeness (QED) is 0.288. The molecule has 1 amide bonds. The summed E-state index contributed by atoms with van der Waals surface area (Å²) in [4.78, 5) is 37.9. The lowest BCUT2D eigenvalue weighted by Crippen LogP contribution is -2.43. The van der Waals surface area contributed by atoms with Crippen molar-refractivity contribution in [2.45, 2.75) is 65.0 Å². The van der Waals surface area contributed by atoms with Crippen LogP contribution in [0.1, 0.15) is 54.9 Å². The number of hydrogen-bond acceptors (Lipinski definition) is 6. The Hall–Kier alpha value is -3.61. The van der Waals surface area contributed by atoms with Gasteiger partial charge in [0.25, 0.3) is 0 Å². The molecule has 0 aliphatic heterocycles. The summed E-state index contributed by atoms with van der Waals surface area (Å²) in [6.45, 7) is 3.96. The minimum atomic E-state index is -0.859. The average molecular weight is 464 g/mol. The number of ether oxygens (including phenoxy) is 2. The number of carbonyl (C=O) groups is 2. The van der Waals surface area contributed by atoms with Crippen LogP contribution in [0.2, 0.25) is 0 Å². The first-order valence-electron chi connectivity index (χ1n) is 11.7. The molecule has 0 saturated heterocycles. The summed E-state index contributed by atoms with van der Waals surface area (Å²) in [6.07, 6.45) is 3.58. The molecule has 0 fully saturated rings. The topological polar surface area (TPSA) is 94.8 Å². The molecule has 1 aliphatic rings. The normalized spacial score (nSPS) is 13.4. The predicted molar refractivity (Wildman–Crippen MR) is 128 cm³/mol. The first-order chi connectivity index (χ1) is 16.5. The van der Waals surface area contributed by atoms with Crippen molar-refractivity contribution < 1.29 is 23.5 Å². The first kappa shape index (κ1) is 23.5. The first-order valence-corrected chi connectivity index (χ1v) is 11.7. The van der Waals surface area contributed by atoms with Gasteiger partial charge in [0.1, 0.15) is 24.0 Å². The molecule has 1 heterocycles. The smallest absolute Gasteiger partial charge is 0.408 e. The molecule has 2 aromatic carbocycles. The Kier molecular flexibility index (Phi) is 7.30. The Labute approximate surface area is 198 Å². The van der Waals surface area contributed by atoms with Crippen molar-refractivity contribution in [1.82, 2.24) is 5.32 Å². The van der Waals surface area contributed by atoms with E-state index in [1.807, 2.05) is 44.2 Å². The van der Waals surface area contributed by atoms with Crippen molar-refractivity contribution in [2.75, 3.05) is 0 Å². The molecule has 1 aliphatic carbocycles. The highest BCUT2D eigenvalue weighted by Crippen LogP contribution is 2.35. The maximum atomic E-state index is 13.2. The number of benzene rings is 2. The summed E-state index contributed by atoms with van der Waals surface area (Å²) in [7, 11) is 0. The number of esters is 1. The number of hydrogen-bond donors (Lipinski definition) is 1. The molecule has 0 spiro atoms. The Balaban J connectivity index is 1.54. The van der Waals surface area contributed by atoms with Gasteiger partial charge in [0, 0.05) is 5.56 Å². The van der Waals surface area contributed by atoms with E-state index < -0.39 is 18.1 Å². The van der Waals surface area contributed by atoms with Crippen LogP contribution in [0.4, 0.5) is 4.79 Å². The van der Waals surface area contributed by atoms with Gasteiger partial charge in [-0.15, -0.1) is 0 Å². The van der Waals surface area contributed by atoms with Crippen LogP contribution in [0, 0.1) is 6.92 Å². The lowest BCUT2D eigenvalue weighted by atomic mass is 10.0. The van der Waals surface area contributed by atoms with Gasteiger partial charge in [-0.2, -0.15) is 0 Å². The van der Waals surface area contributed by atoms with Gasteiger partial charge in [-0.3, -0.25) is 0 Å². The molecule has 0 radical (unpaired) electrons. The van der Waals surface area contributed by atoms with E-state index in [2.05, 4.69) is 5.32 Å². The number of alkyl carbamates (subject to hydrolysis) is 1. The number of rotatable bonds is 8. The van der Waals surface area contributed by atoms with Gasteiger partial charge in [-0.25, -0.2) is 14.4 Å². The largest absolute Gasteiger partial charge is 0.445 e. The third-order valence-electron chi connectivity index (χ3n) is 6.03. The fourth-order valence-electron chi connectivity index (χ4n) is 4.33. The molecule has 4 rings (SSSR count). The molecule has 1 atom stereocenters. The van der Waals surface area contributed by atoms with Crippen molar-refractivity contribution in [1.29, 1.82) is 0 Å². The Morgan fingerprint density at radius 1 is 1.12 bits per heavy atom. The van der Waals surface area contributed by atoms with Crippen LogP contribution in [0.5, 0.6) is 5.75 Å². The van der Waals surface area contributed by atoms with Gasteiger partial charge >= 0.3 is 17.7 Å². The van der Waals surface area contributed by atoms with E-state index >= 15 is 0 Å². The molecule has 3 aromatic rings. The minimum absolute atomic E-state index is 0.107. The van der Waals surface area contributed by atoms with Gasteiger partial charge < -0.3 is 19.2 Å². The van der Waals surface area contributed by atoms with Gasteiger partial charge in [0.2, 0.25) is 0 Å². The zero-order chi connectivity index (χ0) is 24.1. The van der Waals surface area contributed by atoms with Crippen LogP contribution in [-0.2, 0) is 29.0 Å². The summed E-state index contributed by atoms with van der Waals surface area (Å²) >= 11 is 0. The minimum Gasteiger partial charge on any atom is -0.445 e. The maximum absolute atomic E-state index is 13.2. The van der Waals surface area contributed by atoms with Crippen molar-refractivity contribution in [3.63, 3.8) is 0 Å². The monoisotopic (exact) mass is 463 g/mol. The fourth-order valence-corrected chi connectivity index (χ4v) is 4.33. The van der Waals surface area contributed by atoms with Gasteiger partial charge in [-0.1, -0.05) is 50.1 Å². The number of nitrogens with one attached hydrogen (secondary N) is 1. The lowest BCUT2D eigenvalue weighted by Gasteiger charge is -2.18. The third-order valence-corrected chi connectivity index (χ3v) is 6.03. The summed E-state index contributed by atoms with van der Waals surface area (Å²) in [5, 5.41) is 3.32. The molecule has 34 heavy (non-hydrogen) atoms. The van der Waals surface area contributed by atoms with E-state index in [0.717, 1.165) is 42.4 Å². The molecule has 7 heteroatoms. The number of carbonyl (C=O) groups excluding carboxylic acids is 2. The average Bonchev–Trinajstić information content (AvgIpc) is 3.31. The molecular weight excluding hydrogens is 434 g/mol. The van der Waals surface area contributed by atoms with E-state index in [4.69, 9.17) is 13.9 Å². The van der Waals surface area contributed by atoms with E-state index in [1.165, 1.54) is 0 Å². The number of amides is 1. The van der Waals surface area contributed by atoms with Crippen molar-refractivity contribution in [3.05, 3.63) is 75.1 Å². The Bertz CT molecular complexity index is 1250. The molecule has 178 valence electrons. The van der Waals surface area contributed by atoms with Crippen molar-refractivity contribution >= 4 is 23.0 Å². The van der Waals surface area contributed by atoms with Crippen LogP contribution in [0.25, 0.3) is 11.0 Å². The van der Waals surface area contributed by atoms with E-state index in [0.29, 0.717) is 35.1 Å². The van der Waals surface area contributed by atoms with Crippen LogP contribution in [0.3, 0.4) is 0 Å². The number of unbranched alkanes of at least 4 members (excludes halogenated alkanes) is 1. The standard InChI is InChI=1S/C27H29NO6/c1-3-4-13-21(28-27(31)32-16-18-9-6-5-7-10-18)26(30)34-23-15-17(2)14-22-24(23)19-11-8-12-20(19)25(29)33-22/h5-7,9-10,14-15,21H,3-4,8,11-13,16H2,1-2H3,(H,28,31). The van der Waals surface area contributed by atoms with E-state index in [1.54, 1.807) is 12.1 Å². The molecule has 0 bridgehead atoms. The van der Waals surface area contributed by atoms with Crippen LogP contribution >= 0.6 is 0 Å². The molecule has 1 N–H and O–H groups in total. The predicted octanol–water partition coefficient (Wildman–Crippen LogP) is 4.98. The highest BCUT2D eigenvalue weighted by molar-refractivity contribution is 5.92. The van der Waals surface area contributed by atoms with Gasteiger partial charge in [0.05, 0.1) is 5.39 Å². The van der Waals surface area contributed by atoms with E-state index in [-0.39, 0.29) is 12.2 Å². The highest BCUT2D eigenvalue weighted by atomic mass is 16.6. The zero-order valence-corrected chi connectivity index (χ0v) is 19.5. The molecule has 7 nitrogen and oxygen atoms in total. The zero-order valence-electron chi connectivity index (χ0n) is 19.5. The molecule has 0 saturated carbocycles. The molecule has 1 unspecified atom stereocenters. The molecular formula is C27H29NO6. The SMILES string of the molecule is CCCCC(NC(=O)OCc1ccccc1)C(=O)Oc1cc(C)cc2oc(=O)c3c(c12)CCC3. The highest BCUT2D eigenvalue weighted by Gasteiger charge is 2.27. The summed E-state index contributed by atoms with van der Waals surface area (Å²) in [5.74, 6) is -0.224. The van der Waals surface area contributed by atoms with E-state index in [9.17, 15) is 14.4 Å². The lowest BCUT2D eigenvalue weighted by molar-refractivity contribution is -0.136. The van der Waals surface area contributed by atoms with Crippen LogP contribution in [-0.4, -0.2) is 18.1 Å². The number of aryl methyl sites for hydroxylation is 2. The second-order valence-electron chi connectivity index (χ2n) is 8.66. The van der Waals surface area contributed by atoms with Crippen molar-refractivity contribution in [3.8, 4) is 5.75 Å². The Morgan fingerprint density at radius 3 is 2.65 bits per heavy atom. The summed E-state index contributed by atoms with van der Waals surface area (Å²) in [5.41, 5.74) is 3.28. The molecule has 1 aromatic heterocycles. The van der Waals surface area contributed by atoms with Gasteiger partial charge in [-0.05, 0) is 61.4 Å². The van der Waals surface area contributed by atoms with Crippen LogP contribution < -0.4 is 15.7 Å². The second kappa shape index (κ2) is 10.5. The van der Waals surface area contributed by atoms with Crippen molar-refractivity contribution in [2.24, 2.45) is 0 Å². The maximum Gasteiger partial charge on any atom is 0.408 e. The number of fused-ring (bicyclic) bond motifs is 3. The fraction of sp³-hybridized carbons (Fsp3) is 0.370. The van der Waals surface area contributed by atoms with Gasteiger partial charge in [0.15, 0.2) is 0 Å². The second-order valence-corrected chi connectivity index (χ2v) is 8.66. The Morgan fingerprint density at radius 2 is 1.88 bits per heavy atom. The summed E-state index contributed by atoms with van der Waals surface area (Å²) < 4.78 is 16.7.